The highest BCUT2D eigenvalue weighted by atomic mass is 16.1. The first-order valence-electron chi connectivity index (χ1n) is 6.26. The van der Waals surface area contributed by atoms with Crippen LogP contribution in [0.25, 0.3) is 0 Å². The quantitative estimate of drug-likeness (QED) is 0.514. The molecule has 0 aliphatic carbocycles. The first kappa shape index (κ1) is 15.4. The van der Waals surface area contributed by atoms with Gasteiger partial charge in [0.2, 0.25) is 5.91 Å². The zero-order valence-corrected chi connectivity index (χ0v) is 11.1. The highest BCUT2D eigenvalue weighted by Crippen LogP contribution is 1.83. The van der Waals surface area contributed by atoms with Crippen LogP contribution in [0, 0.1) is 0 Å². The second kappa shape index (κ2) is 9.60. The van der Waals surface area contributed by atoms with Gasteiger partial charge in [-0.05, 0) is 13.0 Å². The average Bonchev–Trinajstić information content (AvgIpc) is 2.16. The highest BCUT2D eigenvalue weighted by Gasteiger charge is 2.00. The van der Waals surface area contributed by atoms with Crippen molar-refractivity contribution in [2.24, 2.45) is 0 Å². The summed E-state index contributed by atoms with van der Waals surface area (Å²) in [6.07, 6.45) is 1.55. The van der Waals surface area contributed by atoms with Crippen LogP contribution in [-0.4, -0.2) is 37.6 Å². The predicted molar refractivity (Wildman–Crippen MR) is 68.5 cm³/mol. The number of rotatable bonds is 9. The molecule has 4 nitrogen and oxygen atoms in total. The van der Waals surface area contributed by atoms with Crippen LogP contribution in [0.2, 0.25) is 0 Å². The SMILES string of the molecule is CC(C)NCCCNC(=O)CCNC(C)C. The largest absolute Gasteiger partial charge is 0.356 e. The Labute approximate surface area is 99.6 Å². The minimum atomic E-state index is 0.137. The second-order valence-electron chi connectivity index (χ2n) is 4.67. The lowest BCUT2D eigenvalue weighted by Gasteiger charge is -2.10. The van der Waals surface area contributed by atoms with E-state index >= 15 is 0 Å². The fraction of sp³-hybridized carbons (Fsp3) is 0.917. The molecule has 0 aromatic carbocycles. The van der Waals surface area contributed by atoms with Gasteiger partial charge in [-0.25, -0.2) is 0 Å². The molecule has 0 heterocycles. The van der Waals surface area contributed by atoms with Gasteiger partial charge in [-0.1, -0.05) is 27.7 Å². The summed E-state index contributed by atoms with van der Waals surface area (Å²) >= 11 is 0. The van der Waals surface area contributed by atoms with E-state index in [1.807, 2.05) is 0 Å². The third-order valence-electron chi connectivity index (χ3n) is 2.13. The third kappa shape index (κ3) is 11.5. The molecule has 0 aliphatic heterocycles. The molecule has 0 radical (unpaired) electrons. The maximum atomic E-state index is 11.4. The monoisotopic (exact) mass is 229 g/mol. The van der Waals surface area contributed by atoms with Crippen molar-refractivity contribution in [1.29, 1.82) is 0 Å². The molecule has 0 atom stereocenters. The number of carbonyl (C=O) groups excluding carboxylic acids is 1. The van der Waals surface area contributed by atoms with Crippen LogP contribution in [0.5, 0.6) is 0 Å². The minimum absolute atomic E-state index is 0.137. The Balaban J connectivity index is 3.24. The van der Waals surface area contributed by atoms with Crippen molar-refractivity contribution in [1.82, 2.24) is 16.0 Å². The smallest absolute Gasteiger partial charge is 0.221 e. The van der Waals surface area contributed by atoms with Gasteiger partial charge in [-0.2, -0.15) is 0 Å². The zero-order valence-electron chi connectivity index (χ0n) is 11.1. The van der Waals surface area contributed by atoms with Crippen LogP contribution in [0.1, 0.15) is 40.5 Å². The van der Waals surface area contributed by atoms with Crippen LogP contribution in [0.15, 0.2) is 0 Å². The van der Waals surface area contributed by atoms with E-state index in [-0.39, 0.29) is 5.91 Å². The molecule has 0 spiro atoms. The van der Waals surface area contributed by atoms with E-state index in [4.69, 9.17) is 0 Å². The summed E-state index contributed by atoms with van der Waals surface area (Å²) in [5.41, 5.74) is 0. The molecule has 0 saturated carbocycles. The van der Waals surface area contributed by atoms with Crippen molar-refractivity contribution >= 4 is 5.91 Å². The Hall–Kier alpha value is -0.610. The molecule has 0 saturated heterocycles. The Bertz CT molecular complexity index is 181. The van der Waals surface area contributed by atoms with E-state index in [9.17, 15) is 4.79 Å². The van der Waals surface area contributed by atoms with E-state index in [0.717, 1.165) is 26.1 Å². The lowest BCUT2D eigenvalue weighted by molar-refractivity contribution is -0.121. The van der Waals surface area contributed by atoms with Crippen LogP contribution in [0.3, 0.4) is 0 Å². The number of carbonyl (C=O) groups is 1. The Morgan fingerprint density at radius 1 is 0.938 bits per heavy atom. The molecule has 0 bridgehead atoms. The van der Waals surface area contributed by atoms with Gasteiger partial charge in [-0.3, -0.25) is 4.79 Å². The van der Waals surface area contributed by atoms with Gasteiger partial charge in [0.15, 0.2) is 0 Å². The summed E-state index contributed by atoms with van der Waals surface area (Å²) in [7, 11) is 0. The van der Waals surface area contributed by atoms with Crippen molar-refractivity contribution < 1.29 is 4.79 Å². The molecule has 0 aromatic heterocycles. The number of hydrogen-bond acceptors (Lipinski definition) is 3. The summed E-state index contributed by atoms with van der Waals surface area (Å²) in [5, 5.41) is 9.44. The lowest BCUT2D eigenvalue weighted by atomic mass is 10.3. The van der Waals surface area contributed by atoms with Crippen molar-refractivity contribution in [2.75, 3.05) is 19.6 Å². The average molecular weight is 229 g/mol. The van der Waals surface area contributed by atoms with Gasteiger partial charge in [0, 0.05) is 31.6 Å². The normalized spacial score (nSPS) is 11.1. The number of nitrogens with one attached hydrogen (secondary N) is 3. The minimum Gasteiger partial charge on any atom is -0.356 e. The highest BCUT2D eigenvalue weighted by molar-refractivity contribution is 5.75. The van der Waals surface area contributed by atoms with Crippen LogP contribution >= 0.6 is 0 Å². The summed E-state index contributed by atoms with van der Waals surface area (Å²) < 4.78 is 0. The van der Waals surface area contributed by atoms with Gasteiger partial charge in [0.1, 0.15) is 0 Å². The molecule has 96 valence electrons. The molecule has 4 heteroatoms. The maximum absolute atomic E-state index is 11.4. The third-order valence-corrected chi connectivity index (χ3v) is 2.13. The van der Waals surface area contributed by atoms with Gasteiger partial charge < -0.3 is 16.0 Å². The van der Waals surface area contributed by atoms with E-state index in [0.29, 0.717) is 18.5 Å². The Kier molecular flexibility index (Phi) is 9.24. The fourth-order valence-electron chi connectivity index (χ4n) is 1.27. The van der Waals surface area contributed by atoms with Gasteiger partial charge in [0.05, 0.1) is 0 Å². The Morgan fingerprint density at radius 2 is 1.50 bits per heavy atom. The number of hydrogen-bond donors (Lipinski definition) is 3. The van der Waals surface area contributed by atoms with Crippen LogP contribution in [0.4, 0.5) is 0 Å². The lowest BCUT2D eigenvalue weighted by Crippen LogP contribution is -2.32. The molecular weight excluding hydrogens is 202 g/mol. The second-order valence-corrected chi connectivity index (χ2v) is 4.67. The van der Waals surface area contributed by atoms with Gasteiger partial charge in [0.25, 0.3) is 0 Å². The summed E-state index contributed by atoms with van der Waals surface area (Å²) in [6.45, 7) is 10.9. The van der Waals surface area contributed by atoms with Gasteiger partial charge >= 0.3 is 0 Å². The predicted octanol–water partition coefficient (Wildman–Crippen LogP) is 0.879. The van der Waals surface area contributed by atoms with E-state index < -0.39 is 0 Å². The summed E-state index contributed by atoms with van der Waals surface area (Å²) in [5.74, 6) is 0.137. The van der Waals surface area contributed by atoms with E-state index in [1.165, 1.54) is 0 Å². The van der Waals surface area contributed by atoms with E-state index in [2.05, 4.69) is 43.6 Å². The molecular formula is C12H27N3O. The maximum Gasteiger partial charge on any atom is 0.221 e. The van der Waals surface area contributed by atoms with Crippen LogP contribution in [-0.2, 0) is 4.79 Å². The first-order valence-corrected chi connectivity index (χ1v) is 6.26. The number of amides is 1. The molecule has 16 heavy (non-hydrogen) atoms. The molecule has 0 unspecified atom stereocenters. The molecule has 0 aliphatic rings. The van der Waals surface area contributed by atoms with Crippen molar-refractivity contribution in [3.05, 3.63) is 0 Å². The standard InChI is InChI=1S/C12H27N3O/c1-10(2)13-7-5-8-15-12(16)6-9-14-11(3)4/h10-11,13-14H,5-9H2,1-4H3,(H,15,16). The first-order chi connectivity index (χ1) is 7.52. The Morgan fingerprint density at radius 3 is 2.06 bits per heavy atom. The van der Waals surface area contributed by atoms with Crippen LogP contribution < -0.4 is 16.0 Å². The van der Waals surface area contributed by atoms with Crippen molar-refractivity contribution in [3.8, 4) is 0 Å². The molecule has 0 aromatic rings. The van der Waals surface area contributed by atoms with Crippen molar-refractivity contribution in [3.63, 3.8) is 0 Å². The molecule has 0 fully saturated rings. The summed E-state index contributed by atoms with van der Waals surface area (Å²) in [6, 6.07) is 0.967. The molecule has 1 amide bonds. The molecule has 3 N–H and O–H groups in total. The van der Waals surface area contributed by atoms with E-state index in [1.54, 1.807) is 0 Å². The van der Waals surface area contributed by atoms with Crippen molar-refractivity contribution in [2.45, 2.75) is 52.6 Å². The molecule has 0 rings (SSSR count). The zero-order chi connectivity index (χ0) is 12.4. The summed E-state index contributed by atoms with van der Waals surface area (Å²) in [4.78, 5) is 11.4. The fourth-order valence-corrected chi connectivity index (χ4v) is 1.27. The topological polar surface area (TPSA) is 53.2 Å². The van der Waals surface area contributed by atoms with Gasteiger partial charge in [-0.15, -0.1) is 0 Å².